The molecule has 1 fully saturated rings. The zero-order chi connectivity index (χ0) is 14.5. The summed E-state index contributed by atoms with van der Waals surface area (Å²) in [4.78, 5) is 2.49. The summed E-state index contributed by atoms with van der Waals surface area (Å²) in [6, 6.07) is 0.620. The van der Waals surface area contributed by atoms with E-state index in [0.717, 1.165) is 32.8 Å². The van der Waals surface area contributed by atoms with Crippen LogP contribution in [-0.4, -0.2) is 49.8 Å². The largest absolute Gasteiger partial charge is 0.376 e. The Balaban J connectivity index is 0.00000154. The molecule has 0 saturated carbocycles. The van der Waals surface area contributed by atoms with E-state index < -0.39 is 0 Å². The third-order valence-electron chi connectivity index (χ3n) is 3.43. The monoisotopic (exact) mass is 272 g/mol. The van der Waals surface area contributed by atoms with Crippen LogP contribution in [0.15, 0.2) is 0 Å². The summed E-state index contributed by atoms with van der Waals surface area (Å²) in [5.74, 6) is 0. The number of likely N-dealkylation sites (N-methyl/N-ethyl adjacent to an activating group) is 1. The Hall–Kier alpha value is -0.120. The number of nitrogens with zero attached hydrogens (tertiary/aromatic N) is 1. The molecule has 0 radical (unpaired) electrons. The average molecular weight is 272 g/mol. The summed E-state index contributed by atoms with van der Waals surface area (Å²) >= 11 is 0. The van der Waals surface area contributed by atoms with Gasteiger partial charge >= 0.3 is 0 Å². The minimum Gasteiger partial charge on any atom is -0.376 e. The third-order valence-corrected chi connectivity index (χ3v) is 3.43. The molecule has 19 heavy (non-hydrogen) atoms. The fourth-order valence-corrected chi connectivity index (χ4v) is 2.31. The van der Waals surface area contributed by atoms with Gasteiger partial charge in [0.2, 0.25) is 0 Å². The standard InChI is InChI=1S/C14H30N2O.C2H6/c1-4-16-10-11-17-14(12-16)8-6-5-7-9-15-13(2)3;1-2/h13-15H,4-12H2,1-3H3;1-2H3. The van der Waals surface area contributed by atoms with E-state index >= 15 is 0 Å². The van der Waals surface area contributed by atoms with Crippen LogP contribution >= 0.6 is 0 Å². The highest BCUT2D eigenvalue weighted by Crippen LogP contribution is 2.12. The first-order valence-corrected chi connectivity index (χ1v) is 8.29. The summed E-state index contributed by atoms with van der Waals surface area (Å²) < 4.78 is 5.80. The molecule has 116 valence electrons. The van der Waals surface area contributed by atoms with E-state index in [4.69, 9.17) is 4.74 Å². The molecule has 1 aliphatic heterocycles. The van der Waals surface area contributed by atoms with Gasteiger partial charge in [-0.3, -0.25) is 4.90 Å². The van der Waals surface area contributed by atoms with E-state index in [9.17, 15) is 0 Å². The van der Waals surface area contributed by atoms with Crippen molar-refractivity contribution < 1.29 is 4.74 Å². The molecule has 0 aliphatic carbocycles. The summed E-state index contributed by atoms with van der Waals surface area (Å²) in [7, 11) is 0. The van der Waals surface area contributed by atoms with Crippen molar-refractivity contribution in [3.8, 4) is 0 Å². The maximum atomic E-state index is 5.80. The van der Waals surface area contributed by atoms with E-state index in [1.54, 1.807) is 0 Å². The second-order valence-electron chi connectivity index (χ2n) is 5.34. The highest BCUT2D eigenvalue weighted by molar-refractivity contribution is 4.70. The number of nitrogens with one attached hydrogen (secondary N) is 1. The fraction of sp³-hybridized carbons (Fsp3) is 1.00. The van der Waals surface area contributed by atoms with E-state index in [1.807, 2.05) is 13.8 Å². The first kappa shape index (κ1) is 18.9. The Morgan fingerprint density at radius 2 is 1.95 bits per heavy atom. The van der Waals surface area contributed by atoms with Crippen LogP contribution in [0.1, 0.15) is 60.3 Å². The molecule has 1 N–H and O–H groups in total. The number of ether oxygens (including phenoxy) is 1. The number of unbranched alkanes of at least 4 members (excludes halogenated alkanes) is 2. The van der Waals surface area contributed by atoms with Gasteiger partial charge in [-0.05, 0) is 25.9 Å². The van der Waals surface area contributed by atoms with Crippen molar-refractivity contribution in [3.05, 3.63) is 0 Å². The van der Waals surface area contributed by atoms with Gasteiger partial charge in [-0.15, -0.1) is 0 Å². The van der Waals surface area contributed by atoms with E-state index in [1.165, 1.54) is 25.7 Å². The zero-order valence-corrected chi connectivity index (χ0v) is 13.9. The van der Waals surface area contributed by atoms with Crippen molar-refractivity contribution in [1.82, 2.24) is 10.2 Å². The molecular weight excluding hydrogens is 236 g/mol. The summed E-state index contributed by atoms with van der Waals surface area (Å²) in [6.45, 7) is 16.1. The summed E-state index contributed by atoms with van der Waals surface area (Å²) in [5.41, 5.74) is 0. The minimum atomic E-state index is 0.488. The summed E-state index contributed by atoms with van der Waals surface area (Å²) in [6.07, 6.45) is 5.65. The Kier molecular flexibility index (Phi) is 12.8. The first-order valence-electron chi connectivity index (χ1n) is 8.29. The molecule has 3 heteroatoms. The Morgan fingerprint density at radius 1 is 1.21 bits per heavy atom. The molecule has 1 saturated heterocycles. The molecule has 0 aromatic heterocycles. The normalized spacial score (nSPS) is 20.2. The molecule has 1 atom stereocenters. The van der Waals surface area contributed by atoms with Gasteiger partial charge in [0.25, 0.3) is 0 Å². The van der Waals surface area contributed by atoms with Gasteiger partial charge in [0, 0.05) is 19.1 Å². The third kappa shape index (κ3) is 10.3. The molecule has 1 heterocycles. The van der Waals surface area contributed by atoms with Crippen molar-refractivity contribution in [1.29, 1.82) is 0 Å². The van der Waals surface area contributed by atoms with E-state index in [2.05, 4.69) is 31.0 Å². The molecule has 0 spiro atoms. The molecule has 1 rings (SSSR count). The highest BCUT2D eigenvalue weighted by Gasteiger charge is 2.18. The van der Waals surface area contributed by atoms with Gasteiger partial charge < -0.3 is 10.1 Å². The molecule has 3 nitrogen and oxygen atoms in total. The molecule has 1 unspecified atom stereocenters. The topological polar surface area (TPSA) is 24.5 Å². The summed E-state index contributed by atoms with van der Waals surface area (Å²) in [5, 5.41) is 3.46. The molecule has 0 bridgehead atoms. The highest BCUT2D eigenvalue weighted by atomic mass is 16.5. The van der Waals surface area contributed by atoms with Crippen LogP contribution in [0, 0.1) is 0 Å². The lowest BCUT2D eigenvalue weighted by atomic mass is 10.1. The smallest absolute Gasteiger partial charge is 0.0702 e. The van der Waals surface area contributed by atoms with Crippen molar-refractivity contribution in [2.75, 3.05) is 32.8 Å². The van der Waals surface area contributed by atoms with Crippen molar-refractivity contribution in [2.45, 2.75) is 72.4 Å². The lowest BCUT2D eigenvalue weighted by Gasteiger charge is -2.32. The Labute approximate surface area is 121 Å². The second kappa shape index (κ2) is 12.9. The maximum Gasteiger partial charge on any atom is 0.0702 e. The number of hydrogen-bond acceptors (Lipinski definition) is 3. The Bertz CT molecular complexity index is 186. The zero-order valence-electron chi connectivity index (χ0n) is 13.9. The fourth-order valence-electron chi connectivity index (χ4n) is 2.31. The predicted octanol–water partition coefficient (Wildman–Crippen LogP) is 3.29. The van der Waals surface area contributed by atoms with Crippen LogP contribution in [0.2, 0.25) is 0 Å². The quantitative estimate of drug-likeness (QED) is 0.686. The van der Waals surface area contributed by atoms with Gasteiger partial charge in [0.15, 0.2) is 0 Å². The maximum absolute atomic E-state index is 5.80. The number of rotatable bonds is 8. The van der Waals surface area contributed by atoms with Crippen molar-refractivity contribution >= 4 is 0 Å². The average Bonchev–Trinajstić information content (AvgIpc) is 2.45. The van der Waals surface area contributed by atoms with Gasteiger partial charge in [0.1, 0.15) is 0 Å². The van der Waals surface area contributed by atoms with Gasteiger partial charge in [-0.25, -0.2) is 0 Å². The van der Waals surface area contributed by atoms with Crippen molar-refractivity contribution in [3.63, 3.8) is 0 Å². The van der Waals surface area contributed by atoms with E-state index in [-0.39, 0.29) is 0 Å². The van der Waals surface area contributed by atoms with Crippen LogP contribution in [0.3, 0.4) is 0 Å². The van der Waals surface area contributed by atoms with E-state index in [0.29, 0.717) is 12.1 Å². The molecule has 1 aliphatic rings. The molecular formula is C16H36N2O. The van der Waals surface area contributed by atoms with Crippen LogP contribution in [-0.2, 0) is 4.74 Å². The van der Waals surface area contributed by atoms with Gasteiger partial charge in [-0.2, -0.15) is 0 Å². The lowest BCUT2D eigenvalue weighted by molar-refractivity contribution is -0.0312. The predicted molar refractivity (Wildman–Crippen MR) is 84.8 cm³/mol. The number of hydrogen-bond donors (Lipinski definition) is 1. The van der Waals surface area contributed by atoms with Crippen molar-refractivity contribution in [2.24, 2.45) is 0 Å². The lowest BCUT2D eigenvalue weighted by Crippen LogP contribution is -2.42. The molecule has 0 aromatic carbocycles. The van der Waals surface area contributed by atoms with Crippen LogP contribution < -0.4 is 5.32 Å². The second-order valence-corrected chi connectivity index (χ2v) is 5.34. The first-order chi connectivity index (χ1) is 9.22. The van der Waals surface area contributed by atoms with Crippen LogP contribution in [0.5, 0.6) is 0 Å². The SMILES string of the molecule is CC.CCN1CCOC(CCCCCNC(C)C)C1. The molecule has 0 aromatic rings. The van der Waals surface area contributed by atoms with Crippen LogP contribution in [0.4, 0.5) is 0 Å². The minimum absolute atomic E-state index is 0.488. The van der Waals surface area contributed by atoms with Gasteiger partial charge in [-0.1, -0.05) is 47.5 Å². The van der Waals surface area contributed by atoms with Gasteiger partial charge in [0.05, 0.1) is 12.7 Å². The molecule has 0 amide bonds. The van der Waals surface area contributed by atoms with Crippen LogP contribution in [0.25, 0.3) is 0 Å². The number of morpholine rings is 1. The Morgan fingerprint density at radius 3 is 2.58 bits per heavy atom.